The zero-order valence-corrected chi connectivity index (χ0v) is 13.1. The molecule has 0 aromatic carbocycles. The number of hydrogen-bond acceptors (Lipinski definition) is 3. The zero-order valence-electron chi connectivity index (χ0n) is 13.1. The largest absolute Gasteiger partial charge is 0.469 e. The summed E-state index contributed by atoms with van der Waals surface area (Å²) in [6.07, 6.45) is 10.5. The average Bonchev–Trinajstić information content (AvgIpc) is 2.43. The Labute approximate surface area is 122 Å². The third-order valence-corrected chi connectivity index (χ3v) is 5.72. The molecular formula is C17H29NO2. The third kappa shape index (κ3) is 3.08. The van der Waals surface area contributed by atoms with E-state index in [1.807, 2.05) is 0 Å². The third-order valence-electron chi connectivity index (χ3n) is 5.72. The predicted octanol–water partition coefficient (Wildman–Crippen LogP) is 3.29. The molecule has 4 atom stereocenters. The summed E-state index contributed by atoms with van der Waals surface area (Å²) >= 11 is 0. The lowest BCUT2D eigenvalue weighted by Crippen LogP contribution is -2.59. The lowest BCUT2D eigenvalue weighted by Gasteiger charge is -2.62. The van der Waals surface area contributed by atoms with Gasteiger partial charge in [-0.3, -0.25) is 4.79 Å². The Bertz CT molecular complexity index is 375. The van der Waals surface area contributed by atoms with Gasteiger partial charge in [0.25, 0.3) is 0 Å². The molecule has 3 heteroatoms. The van der Waals surface area contributed by atoms with Crippen molar-refractivity contribution in [2.24, 2.45) is 28.9 Å². The summed E-state index contributed by atoms with van der Waals surface area (Å²) in [5, 5.41) is 0. The molecule has 2 N–H and O–H groups in total. The van der Waals surface area contributed by atoms with Crippen molar-refractivity contribution in [3.05, 3.63) is 12.2 Å². The quantitative estimate of drug-likeness (QED) is 0.461. The van der Waals surface area contributed by atoms with Crippen LogP contribution in [0.25, 0.3) is 0 Å². The summed E-state index contributed by atoms with van der Waals surface area (Å²) in [4.78, 5) is 11.0. The van der Waals surface area contributed by atoms with Crippen molar-refractivity contribution in [3.63, 3.8) is 0 Å². The van der Waals surface area contributed by atoms with E-state index >= 15 is 0 Å². The fourth-order valence-corrected chi connectivity index (χ4v) is 4.16. The van der Waals surface area contributed by atoms with Crippen LogP contribution in [0.4, 0.5) is 0 Å². The van der Waals surface area contributed by atoms with Gasteiger partial charge in [-0.05, 0) is 55.3 Å². The molecular weight excluding hydrogens is 250 g/mol. The van der Waals surface area contributed by atoms with Crippen molar-refractivity contribution < 1.29 is 9.53 Å². The van der Waals surface area contributed by atoms with Crippen LogP contribution in [0.3, 0.4) is 0 Å². The molecule has 3 rings (SSSR count). The van der Waals surface area contributed by atoms with Crippen molar-refractivity contribution in [2.75, 3.05) is 7.11 Å². The van der Waals surface area contributed by atoms with Crippen LogP contribution in [0, 0.1) is 23.2 Å². The Hall–Kier alpha value is -0.830. The van der Waals surface area contributed by atoms with Crippen LogP contribution < -0.4 is 5.73 Å². The van der Waals surface area contributed by atoms with Crippen LogP contribution in [0.2, 0.25) is 0 Å². The number of unbranched alkanes of at least 4 members (excludes halogenated alkanes) is 1. The van der Waals surface area contributed by atoms with Crippen LogP contribution >= 0.6 is 0 Å². The molecule has 0 aromatic rings. The van der Waals surface area contributed by atoms with Gasteiger partial charge in [0.05, 0.1) is 7.11 Å². The smallest absolute Gasteiger partial charge is 0.305 e. The summed E-state index contributed by atoms with van der Waals surface area (Å²) in [7, 11) is 1.44. The minimum atomic E-state index is -0.116. The standard InChI is InChI=1S/C17H29NO2/c1-17(2)12-10-14(17)13(15(18)11-12)8-6-4-5-7-9-16(19)20-3/h4,6,12-15H,5,7-11,18H2,1-3H3/t12?,13-,14?,15-/m0/s1. The van der Waals surface area contributed by atoms with Gasteiger partial charge >= 0.3 is 5.97 Å². The highest BCUT2D eigenvalue weighted by molar-refractivity contribution is 5.69. The molecule has 0 saturated heterocycles. The lowest BCUT2D eigenvalue weighted by molar-refractivity contribution is -0.140. The molecule has 0 radical (unpaired) electrons. The minimum absolute atomic E-state index is 0.116. The number of esters is 1. The molecule has 3 nitrogen and oxygen atoms in total. The molecule has 0 aromatic heterocycles. The van der Waals surface area contributed by atoms with E-state index < -0.39 is 0 Å². The first-order valence-electron chi connectivity index (χ1n) is 7.94. The first-order chi connectivity index (χ1) is 9.46. The van der Waals surface area contributed by atoms with E-state index in [1.54, 1.807) is 0 Å². The first kappa shape index (κ1) is 15.6. The Morgan fingerprint density at radius 1 is 1.35 bits per heavy atom. The van der Waals surface area contributed by atoms with Gasteiger partial charge in [0.1, 0.15) is 0 Å². The minimum Gasteiger partial charge on any atom is -0.469 e. The summed E-state index contributed by atoms with van der Waals surface area (Å²) in [5.74, 6) is 2.18. The fourth-order valence-electron chi connectivity index (χ4n) is 4.16. The number of ether oxygens (including phenoxy) is 1. The van der Waals surface area contributed by atoms with E-state index in [4.69, 9.17) is 5.73 Å². The second-order valence-corrected chi connectivity index (χ2v) is 7.10. The Balaban J connectivity index is 1.72. The molecule has 2 bridgehead atoms. The van der Waals surface area contributed by atoms with Crippen molar-refractivity contribution in [1.29, 1.82) is 0 Å². The molecule has 3 aliphatic rings. The summed E-state index contributed by atoms with van der Waals surface area (Å²) < 4.78 is 4.63. The second-order valence-electron chi connectivity index (χ2n) is 7.10. The molecule has 0 heterocycles. The second kappa shape index (κ2) is 6.30. The van der Waals surface area contributed by atoms with E-state index in [9.17, 15) is 4.79 Å². The SMILES string of the molecule is COC(=O)CCCC=CC[C@H]1C2CC(C[C@@H]1N)C2(C)C. The van der Waals surface area contributed by atoms with Crippen molar-refractivity contribution in [1.82, 2.24) is 0 Å². The number of rotatable bonds is 6. The molecule has 3 aliphatic carbocycles. The fraction of sp³-hybridized carbons (Fsp3) is 0.824. The molecule has 0 amide bonds. The Morgan fingerprint density at radius 3 is 2.75 bits per heavy atom. The lowest BCUT2D eigenvalue weighted by atomic mass is 9.44. The maximum absolute atomic E-state index is 11.0. The van der Waals surface area contributed by atoms with Gasteiger partial charge in [-0.25, -0.2) is 0 Å². The van der Waals surface area contributed by atoms with E-state index in [0.29, 0.717) is 23.8 Å². The van der Waals surface area contributed by atoms with E-state index in [-0.39, 0.29) is 5.97 Å². The number of methoxy groups -OCH3 is 1. The van der Waals surface area contributed by atoms with Gasteiger partial charge in [-0.2, -0.15) is 0 Å². The molecule has 2 unspecified atom stereocenters. The Morgan fingerprint density at radius 2 is 2.10 bits per heavy atom. The van der Waals surface area contributed by atoms with E-state index in [2.05, 4.69) is 30.7 Å². The topological polar surface area (TPSA) is 52.3 Å². The zero-order chi connectivity index (χ0) is 14.8. The summed E-state index contributed by atoms with van der Waals surface area (Å²) in [6.45, 7) is 4.82. The van der Waals surface area contributed by atoms with Gasteiger partial charge in [-0.15, -0.1) is 0 Å². The first-order valence-corrected chi connectivity index (χ1v) is 7.94. The number of carbonyl (C=O) groups excluding carboxylic acids is 1. The van der Waals surface area contributed by atoms with Crippen LogP contribution in [0.1, 0.15) is 52.4 Å². The van der Waals surface area contributed by atoms with Crippen LogP contribution in [0.15, 0.2) is 12.2 Å². The monoisotopic (exact) mass is 279 g/mol. The van der Waals surface area contributed by atoms with Crippen molar-refractivity contribution >= 4 is 5.97 Å². The molecule has 0 aliphatic heterocycles. The number of hydrogen-bond donors (Lipinski definition) is 1. The molecule has 0 spiro atoms. The van der Waals surface area contributed by atoms with Gasteiger partial charge in [0.2, 0.25) is 0 Å². The predicted molar refractivity (Wildman–Crippen MR) is 81.1 cm³/mol. The van der Waals surface area contributed by atoms with Gasteiger partial charge in [0, 0.05) is 12.5 Å². The van der Waals surface area contributed by atoms with E-state index in [0.717, 1.165) is 31.1 Å². The van der Waals surface area contributed by atoms with Gasteiger partial charge < -0.3 is 10.5 Å². The Kier molecular flexibility index (Phi) is 4.90. The molecule has 20 heavy (non-hydrogen) atoms. The number of fused-ring (bicyclic) bond motifs is 2. The number of allylic oxidation sites excluding steroid dienone is 2. The number of carbonyl (C=O) groups is 1. The van der Waals surface area contributed by atoms with Crippen LogP contribution in [0.5, 0.6) is 0 Å². The van der Waals surface area contributed by atoms with Gasteiger partial charge in [-0.1, -0.05) is 26.0 Å². The highest BCUT2D eigenvalue weighted by atomic mass is 16.5. The van der Waals surface area contributed by atoms with Crippen molar-refractivity contribution in [3.8, 4) is 0 Å². The van der Waals surface area contributed by atoms with E-state index in [1.165, 1.54) is 20.0 Å². The van der Waals surface area contributed by atoms with Gasteiger partial charge in [0.15, 0.2) is 0 Å². The van der Waals surface area contributed by atoms with Crippen molar-refractivity contribution in [2.45, 2.75) is 58.4 Å². The summed E-state index contributed by atoms with van der Waals surface area (Å²) in [5.41, 5.74) is 6.82. The maximum Gasteiger partial charge on any atom is 0.305 e. The number of nitrogens with two attached hydrogens (primary N) is 1. The maximum atomic E-state index is 11.0. The molecule has 3 saturated carbocycles. The summed E-state index contributed by atoms with van der Waals surface area (Å²) in [6, 6.07) is 0.381. The average molecular weight is 279 g/mol. The normalized spacial score (nSPS) is 34.8. The highest BCUT2D eigenvalue weighted by Gasteiger charge is 2.56. The van der Waals surface area contributed by atoms with Crippen LogP contribution in [-0.2, 0) is 9.53 Å². The molecule has 3 fully saturated rings. The highest BCUT2D eigenvalue weighted by Crippen LogP contribution is 2.61. The molecule has 114 valence electrons. The van der Waals surface area contributed by atoms with Crippen LogP contribution in [-0.4, -0.2) is 19.1 Å².